The molecule has 1 unspecified atom stereocenters. The second-order valence-corrected chi connectivity index (χ2v) is 7.99. The van der Waals surface area contributed by atoms with Crippen molar-refractivity contribution in [1.29, 1.82) is 0 Å². The third kappa shape index (κ3) is 4.14. The van der Waals surface area contributed by atoms with Gasteiger partial charge in [-0.15, -0.1) is 11.3 Å². The Labute approximate surface area is 163 Å². The Morgan fingerprint density at radius 1 is 1.04 bits per heavy atom. The molecule has 0 saturated carbocycles. The fourth-order valence-corrected chi connectivity index (χ4v) is 4.40. The van der Waals surface area contributed by atoms with E-state index >= 15 is 0 Å². The average Bonchev–Trinajstić information content (AvgIpc) is 3.33. The second kappa shape index (κ2) is 8.10. The van der Waals surface area contributed by atoms with Crippen molar-refractivity contribution in [3.63, 3.8) is 0 Å². The number of amides is 3. The summed E-state index contributed by atoms with van der Waals surface area (Å²) in [6, 6.07) is 13.3. The van der Waals surface area contributed by atoms with Gasteiger partial charge in [-0.25, -0.2) is 4.79 Å². The maximum Gasteiger partial charge on any atom is 0.318 e. The molecule has 2 aliphatic rings. The second-order valence-electron chi connectivity index (χ2n) is 6.96. The van der Waals surface area contributed by atoms with Crippen LogP contribution < -0.4 is 10.2 Å². The number of nitrogens with one attached hydrogen (secondary N) is 1. The van der Waals surface area contributed by atoms with Crippen LogP contribution in [0.4, 0.5) is 10.5 Å². The van der Waals surface area contributed by atoms with Crippen LogP contribution in [0.5, 0.6) is 0 Å². The van der Waals surface area contributed by atoms with Crippen molar-refractivity contribution < 1.29 is 9.59 Å². The van der Waals surface area contributed by atoms with E-state index in [1.165, 1.54) is 4.88 Å². The van der Waals surface area contributed by atoms with Crippen LogP contribution >= 0.6 is 11.3 Å². The minimum absolute atomic E-state index is 0.0223. The monoisotopic (exact) mass is 384 g/mol. The van der Waals surface area contributed by atoms with E-state index in [2.05, 4.69) is 27.7 Å². The van der Waals surface area contributed by atoms with E-state index in [0.717, 1.165) is 25.3 Å². The highest BCUT2D eigenvalue weighted by Gasteiger charge is 2.34. The molecule has 2 aliphatic heterocycles. The molecule has 7 heteroatoms. The van der Waals surface area contributed by atoms with Gasteiger partial charge in [-0.3, -0.25) is 9.69 Å². The van der Waals surface area contributed by atoms with Crippen molar-refractivity contribution in [1.82, 2.24) is 15.1 Å². The van der Waals surface area contributed by atoms with Crippen molar-refractivity contribution in [2.45, 2.75) is 19.0 Å². The van der Waals surface area contributed by atoms with E-state index in [9.17, 15) is 9.59 Å². The molecule has 0 spiro atoms. The molecule has 3 amide bonds. The Kier molecular flexibility index (Phi) is 5.40. The Balaban J connectivity index is 1.27. The number of carbonyl (C=O) groups excluding carboxylic acids is 2. The lowest BCUT2D eigenvalue weighted by atomic mass is 10.2. The van der Waals surface area contributed by atoms with Crippen LogP contribution in [0.15, 0.2) is 47.8 Å². The van der Waals surface area contributed by atoms with Gasteiger partial charge < -0.3 is 15.1 Å². The maximum atomic E-state index is 12.6. The van der Waals surface area contributed by atoms with Crippen molar-refractivity contribution in [2.24, 2.45) is 0 Å². The first-order valence-electron chi connectivity index (χ1n) is 9.37. The number of anilines is 1. The Hall–Kier alpha value is -2.38. The molecule has 1 N–H and O–H groups in total. The number of piperazine rings is 1. The molecule has 1 aromatic heterocycles. The van der Waals surface area contributed by atoms with Gasteiger partial charge in [-0.05, 0) is 30.0 Å². The summed E-state index contributed by atoms with van der Waals surface area (Å²) >= 11 is 1.77. The first-order chi connectivity index (χ1) is 13.2. The molecular formula is C20H24N4O2S. The van der Waals surface area contributed by atoms with Crippen LogP contribution in [0.2, 0.25) is 0 Å². The minimum atomic E-state index is -0.429. The highest BCUT2D eigenvalue weighted by atomic mass is 32.1. The lowest BCUT2D eigenvalue weighted by Crippen LogP contribution is -2.54. The summed E-state index contributed by atoms with van der Waals surface area (Å²) in [6.45, 7) is 4.70. The van der Waals surface area contributed by atoms with Gasteiger partial charge in [-0.1, -0.05) is 24.3 Å². The third-order valence-electron chi connectivity index (χ3n) is 5.19. The quantitative estimate of drug-likeness (QED) is 0.881. The van der Waals surface area contributed by atoms with E-state index in [-0.39, 0.29) is 11.9 Å². The minimum Gasteiger partial charge on any atom is -0.326 e. The molecule has 27 heavy (non-hydrogen) atoms. The van der Waals surface area contributed by atoms with Gasteiger partial charge in [0.25, 0.3) is 0 Å². The summed E-state index contributed by atoms with van der Waals surface area (Å²) in [5, 5.41) is 5.03. The number of carbonyl (C=O) groups is 2. The largest absolute Gasteiger partial charge is 0.326 e. The predicted octanol–water partition coefficient (Wildman–Crippen LogP) is 2.38. The summed E-state index contributed by atoms with van der Waals surface area (Å²) < 4.78 is 0. The standard InChI is InChI=1S/C20H24N4O2S/c25-19-18(8-9-24(19)16-5-2-1-3-6-16)21-20(26)23-12-10-22(11-13-23)15-17-7-4-14-27-17/h1-7,14,18H,8-13,15H2,(H,21,26). The zero-order valence-corrected chi connectivity index (χ0v) is 16.0. The van der Waals surface area contributed by atoms with Crippen molar-refractivity contribution in [2.75, 3.05) is 37.6 Å². The number of urea groups is 1. The normalized spacial score (nSPS) is 20.9. The summed E-state index contributed by atoms with van der Waals surface area (Å²) in [6.07, 6.45) is 0.651. The number of hydrogen-bond acceptors (Lipinski definition) is 4. The highest BCUT2D eigenvalue weighted by molar-refractivity contribution is 7.09. The van der Waals surface area contributed by atoms with Gasteiger partial charge in [-0.2, -0.15) is 0 Å². The molecule has 142 valence electrons. The summed E-state index contributed by atoms with van der Waals surface area (Å²) in [5.74, 6) is -0.0223. The Morgan fingerprint density at radius 2 is 1.81 bits per heavy atom. The molecule has 1 atom stereocenters. The maximum absolute atomic E-state index is 12.6. The number of rotatable bonds is 4. The van der Waals surface area contributed by atoms with Gasteiger partial charge in [0.2, 0.25) is 5.91 Å². The third-order valence-corrected chi connectivity index (χ3v) is 6.05. The first kappa shape index (κ1) is 18.0. The van der Waals surface area contributed by atoms with E-state index < -0.39 is 6.04 Å². The van der Waals surface area contributed by atoms with Crippen LogP contribution in [0.3, 0.4) is 0 Å². The molecule has 1 aromatic carbocycles. The van der Waals surface area contributed by atoms with Crippen LogP contribution in [0, 0.1) is 0 Å². The molecule has 2 fully saturated rings. The topological polar surface area (TPSA) is 55.9 Å². The number of nitrogens with zero attached hydrogens (tertiary/aromatic N) is 3. The summed E-state index contributed by atoms with van der Waals surface area (Å²) in [4.78, 5) is 32.5. The molecule has 2 saturated heterocycles. The highest BCUT2D eigenvalue weighted by Crippen LogP contribution is 2.21. The lowest BCUT2D eigenvalue weighted by Gasteiger charge is -2.34. The predicted molar refractivity (Wildman–Crippen MR) is 107 cm³/mol. The van der Waals surface area contributed by atoms with Crippen LogP contribution in [0.25, 0.3) is 0 Å². The fourth-order valence-electron chi connectivity index (χ4n) is 3.65. The van der Waals surface area contributed by atoms with Crippen LogP contribution in [-0.2, 0) is 11.3 Å². The van der Waals surface area contributed by atoms with Gasteiger partial charge in [0.05, 0.1) is 0 Å². The summed E-state index contributed by atoms with van der Waals surface area (Å²) in [5.41, 5.74) is 0.890. The van der Waals surface area contributed by atoms with Gasteiger partial charge in [0.15, 0.2) is 0 Å². The molecule has 3 heterocycles. The van der Waals surface area contributed by atoms with Crippen molar-refractivity contribution >= 4 is 29.0 Å². The van der Waals surface area contributed by atoms with E-state index in [1.807, 2.05) is 35.2 Å². The summed E-state index contributed by atoms with van der Waals surface area (Å²) in [7, 11) is 0. The molecule has 4 rings (SSSR count). The van der Waals surface area contributed by atoms with E-state index in [0.29, 0.717) is 26.1 Å². The lowest BCUT2D eigenvalue weighted by molar-refractivity contribution is -0.118. The smallest absolute Gasteiger partial charge is 0.318 e. The molecular weight excluding hydrogens is 360 g/mol. The van der Waals surface area contributed by atoms with Crippen LogP contribution in [-0.4, -0.2) is 60.5 Å². The molecule has 0 aliphatic carbocycles. The first-order valence-corrected chi connectivity index (χ1v) is 10.3. The number of benzene rings is 1. The molecule has 6 nitrogen and oxygen atoms in total. The van der Waals surface area contributed by atoms with Gasteiger partial charge >= 0.3 is 6.03 Å². The number of hydrogen-bond donors (Lipinski definition) is 1. The zero-order chi connectivity index (χ0) is 18.6. The van der Waals surface area contributed by atoms with Crippen LogP contribution in [0.1, 0.15) is 11.3 Å². The average molecular weight is 385 g/mol. The van der Waals surface area contributed by atoms with E-state index in [4.69, 9.17) is 0 Å². The number of para-hydroxylation sites is 1. The van der Waals surface area contributed by atoms with Crippen molar-refractivity contribution in [3.05, 3.63) is 52.7 Å². The molecule has 0 radical (unpaired) electrons. The SMILES string of the molecule is O=C(NC1CCN(c2ccccc2)C1=O)N1CCN(Cc2cccs2)CC1. The molecule has 0 bridgehead atoms. The van der Waals surface area contributed by atoms with E-state index in [1.54, 1.807) is 16.2 Å². The fraction of sp³-hybridized carbons (Fsp3) is 0.400. The van der Waals surface area contributed by atoms with Gasteiger partial charge in [0.1, 0.15) is 6.04 Å². The van der Waals surface area contributed by atoms with Gasteiger partial charge in [0, 0.05) is 49.8 Å². The Morgan fingerprint density at radius 3 is 2.52 bits per heavy atom. The van der Waals surface area contributed by atoms with Crippen molar-refractivity contribution in [3.8, 4) is 0 Å². The number of thiophene rings is 1. The Bertz CT molecular complexity index is 773. The molecule has 2 aromatic rings. The zero-order valence-electron chi connectivity index (χ0n) is 15.2.